The van der Waals surface area contributed by atoms with E-state index in [2.05, 4.69) is 32.9 Å². The van der Waals surface area contributed by atoms with Gasteiger partial charge in [-0.2, -0.15) is 0 Å². The predicted octanol–water partition coefficient (Wildman–Crippen LogP) is 2.50. The molecule has 98 valence electrons. The van der Waals surface area contributed by atoms with Gasteiger partial charge in [0.2, 0.25) is 5.91 Å². The van der Waals surface area contributed by atoms with Gasteiger partial charge in [0.15, 0.2) is 0 Å². The molecule has 1 aromatic carbocycles. The number of carbonyl (C=O) groups excluding carboxylic acids is 1. The van der Waals surface area contributed by atoms with Crippen LogP contribution in [0.15, 0.2) is 18.2 Å². The number of hydrogen-bond donors (Lipinski definition) is 1. The zero-order valence-corrected chi connectivity index (χ0v) is 11.6. The molecule has 18 heavy (non-hydrogen) atoms. The Hall–Kier alpha value is -1.35. The summed E-state index contributed by atoms with van der Waals surface area (Å²) in [5, 5.41) is 0. The van der Waals surface area contributed by atoms with E-state index >= 15 is 0 Å². The molecule has 1 amide bonds. The smallest absolute Gasteiger partial charge is 0.231 e. The number of anilines is 1. The van der Waals surface area contributed by atoms with E-state index < -0.39 is 0 Å². The fourth-order valence-corrected chi connectivity index (χ4v) is 2.42. The molecule has 2 unspecified atom stereocenters. The van der Waals surface area contributed by atoms with Crippen molar-refractivity contribution in [1.29, 1.82) is 0 Å². The molecule has 0 fully saturated rings. The van der Waals surface area contributed by atoms with Crippen LogP contribution >= 0.6 is 0 Å². The van der Waals surface area contributed by atoms with Gasteiger partial charge in [0, 0.05) is 18.8 Å². The van der Waals surface area contributed by atoms with Crippen molar-refractivity contribution in [1.82, 2.24) is 0 Å². The van der Waals surface area contributed by atoms with Crippen molar-refractivity contribution in [3.05, 3.63) is 29.3 Å². The van der Waals surface area contributed by atoms with Crippen LogP contribution < -0.4 is 10.6 Å². The number of nitrogens with zero attached hydrogens (tertiary/aromatic N) is 1. The molecular formula is C15H22N2O. The lowest BCUT2D eigenvalue weighted by Crippen LogP contribution is -2.23. The number of fused-ring (bicyclic) bond motifs is 1. The molecule has 0 aromatic heterocycles. The van der Waals surface area contributed by atoms with Crippen molar-refractivity contribution in [3.8, 4) is 0 Å². The molecule has 0 bridgehead atoms. The Morgan fingerprint density at radius 1 is 1.28 bits per heavy atom. The first-order chi connectivity index (χ1) is 8.41. The summed E-state index contributed by atoms with van der Waals surface area (Å²) >= 11 is 0. The van der Waals surface area contributed by atoms with Crippen LogP contribution in [0.25, 0.3) is 0 Å². The topological polar surface area (TPSA) is 46.3 Å². The van der Waals surface area contributed by atoms with Gasteiger partial charge in [0.1, 0.15) is 0 Å². The summed E-state index contributed by atoms with van der Waals surface area (Å²) in [5.41, 5.74) is 9.57. The number of rotatable bonds is 3. The highest BCUT2D eigenvalue weighted by Gasteiger charge is 2.26. The molecule has 3 heteroatoms. The van der Waals surface area contributed by atoms with Gasteiger partial charge in [-0.1, -0.05) is 32.9 Å². The molecule has 3 nitrogen and oxygen atoms in total. The van der Waals surface area contributed by atoms with E-state index in [4.69, 9.17) is 5.73 Å². The lowest BCUT2D eigenvalue weighted by atomic mass is 9.86. The van der Waals surface area contributed by atoms with E-state index in [0.29, 0.717) is 18.3 Å². The van der Waals surface area contributed by atoms with Crippen molar-refractivity contribution >= 4 is 11.6 Å². The second-order valence-corrected chi connectivity index (χ2v) is 5.65. The van der Waals surface area contributed by atoms with Gasteiger partial charge in [0.25, 0.3) is 0 Å². The zero-order chi connectivity index (χ0) is 13.4. The maximum atomic E-state index is 11.6. The summed E-state index contributed by atoms with van der Waals surface area (Å²) in [4.78, 5) is 13.4. The lowest BCUT2D eigenvalue weighted by Gasteiger charge is -2.24. The highest BCUT2D eigenvalue weighted by molar-refractivity contribution is 6.00. The van der Waals surface area contributed by atoms with E-state index in [1.807, 2.05) is 13.1 Å². The van der Waals surface area contributed by atoms with Gasteiger partial charge in [-0.25, -0.2) is 0 Å². The first kappa shape index (κ1) is 13.1. The first-order valence-electron chi connectivity index (χ1n) is 6.56. The minimum atomic E-state index is 0.0382. The summed E-state index contributed by atoms with van der Waals surface area (Å²) in [6, 6.07) is 6.21. The third kappa shape index (κ3) is 2.15. The maximum absolute atomic E-state index is 11.6. The van der Waals surface area contributed by atoms with Crippen LogP contribution in [0.2, 0.25) is 0 Å². The number of nitrogens with two attached hydrogens (primary N) is 1. The number of carbonyl (C=O) groups is 1. The number of benzene rings is 1. The van der Waals surface area contributed by atoms with Crippen LogP contribution in [0.3, 0.4) is 0 Å². The van der Waals surface area contributed by atoms with E-state index in [9.17, 15) is 4.79 Å². The Morgan fingerprint density at radius 3 is 2.56 bits per heavy atom. The Bertz CT molecular complexity index is 468. The fourth-order valence-electron chi connectivity index (χ4n) is 2.42. The van der Waals surface area contributed by atoms with Crippen LogP contribution in [0, 0.1) is 11.8 Å². The molecule has 0 spiro atoms. The minimum Gasteiger partial charge on any atom is -0.324 e. The second-order valence-electron chi connectivity index (χ2n) is 5.65. The van der Waals surface area contributed by atoms with Crippen LogP contribution in [0.5, 0.6) is 0 Å². The normalized spacial score (nSPS) is 18.1. The summed E-state index contributed by atoms with van der Waals surface area (Å²) in [6.07, 6.45) is 0.502. The third-order valence-corrected chi connectivity index (χ3v) is 4.18. The fraction of sp³-hybridized carbons (Fsp3) is 0.533. The summed E-state index contributed by atoms with van der Waals surface area (Å²) in [5.74, 6) is 1.14. The lowest BCUT2D eigenvalue weighted by molar-refractivity contribution is -0.117. The van der Waals surface area contributed by atoms with Crippen LogP contribution in [0.4, 0.5) is 5.69 Å². The van der Waals surface area contributed by atoms with Gasteiger partial charge in [-0.15, -0.1) is 0 Å². The van der Waals surface area contributed by atoms with Gasteiger partial charge < -0.3 is 10.6 Å². The highest BCUT2D eigenvalue weighted by Crippen LogP contribution is 2.32. The summed E-state index contributed by atoms with van der Waals surface area (Å²) < 4.78 is 0. The molecule has 1 aliphatic rings. The number of likely N-dealkylation sites (N-methyl/N-ethyl adjacent to an activating group) is 1. The van der Waals surface area contributed by atoms with Gasteiger partial charge in [-0.05, 0) is 29.0 Å². The first-order valence-corrected chi connectivity index (χ1v) is 6.56. The molecule has 0 saturated heterocycles. The highest BCUT2D eigenvalue weighted by atomic mass is 16.2. The Morgan fingerprint density at radius 2 is 1.94 bits per heavy atom. The predicted molar refractivity (Wildman–Crippen MR) is 74.5 cm³/mol. The molecule has 1 aromatic rings. The third-order valence-electron chi connectivity index (χ3n) is 4.18. The Kier molecular flexibility index (Phi) is 3.44. The van der Waals surface area contributed by atoms with Crippen LogP contribution in [-0.4, -0.2) is 13.0 Å². The van der Waals surface area contributed by atoms with Gasteiger partial charge >= 0.3 is 0 Å². The van der Waals surface area contributed by atoms with Crippen molar-refractivity contribution in [2.45, 2.75) is 33.2 Å². The van der Waals surface area contributed by atoms with Gasteiger partial charge in [-0.3, -0.25) is 4.79 Å². The molecule has 2 atom stereocenters. The van der Waals surface area contributed by atoms with E-state index in [1.165, 1.54) is 0 Å². The molecule has 0 radical (unpaired) electrons. The van der Waals surface area contributed by atoms with E-state index in [-0.39, 0.29) is 11.9 Å². The maximum Gasteiger partial charge on any atom is 0.231 e. The van der Waals surface area contributed by atoms with Crippen molar-refractivity contribution in [2.24, 2.45) is 17.6 Å². The summed E-state index contributed by atoms with van der Waals surface area (Å²) in [6.45, 7) is 6.56. The number of amides is 1. The van der Waals surface area contributed by atoms with E-state index in [1.54, 1.807) is 4.90 Å². The molecular weight excluding hydrogens is 224 g/mol. The molecule has 2 rings (SSSR count). The van der Waals surface area contributed by atoms with Crippen molar-refractivity contribution in [2.75, 3.05) is 11.9 Å². The SMILES string of the molecule is CC(C)C(C)C(N)c1ccc2c(c1)CC(=O)N2C. The van der Waals surface area contributed by atoms with E-state index in [0.717, 1.165) is 16.8 Å². The Balaban J connectivity index is 2.28. The van der Waals surface area contributed by atoms with Crippen molar-refractivity contribution in [3.63, 3.8) is 0 Å². The second kappa shape index (κ2) is 4.73. The quantitative estimate of drug-likeness (QED) is 0.890. The van der Waals surface area contributed by atoms with Crippen LogP contribution in [0.1, 0.15) is 37.9 Å². The number of hydrogen-bond acceptors (Lipinski definition) is 2. The summed E-state index contributed by atoms with van der Waals surface area (Å²) in [7, 11) is 1.82. The Labute approximate surface area is 109 Å². The molecule has 0 saturated carbocycles. The molecule has 1 aliphatic heterocycles. The average Bonchev–Trinajstić information content (AvgIpc) is 2.62. The zero-order valence-electron chi connectivity index (χ0n) is 11.6. The average molecular weight is 246 g/mol. The minimum absolute atomic E-state index is 0.0382. The van der Waals surface area contributed by atoms with Crippen molar-refractivity contribution < 1.29 is 4.79 Å². The molecule has 2 N–H and O–H groups in total. The monoisotopic (exact) mass is 246 g/mol. The van der Waals surface area contributed by atoms with Crippen LogP contribution in [-0.2, 0) is 11.2 Å². The standard InChI is InChI=1S/C15H22N2O/c1-9(2)10(3)15(16)11-5-6-13-12(7-11)8-14(18)17(13)4/h5-7,9-10,15H,8,16H2,1-4H3. The van der Waals surface area contributed by atoms with Gasteiger partial charge in [0.05, 0.1) is 6.42 Å². The molecule has 1 heterocycles. The molecule has 0 aliphatic carbocycles. The largest absolute Gasteiger partial charge is 0.324 e.